The normalized spacial score (nSPS) is 15.1. The van der Waals surface area contributed by atoms with Crippen molar-refractivity contribution < 1.29 is 19.5 Å². The number of hydrogen-bond donors (Lipinski definition) is 2. The molecule has 6 nitrogen and oxygen atoms in total. The van der Waals surface area contributed by atoms with Gasteiger partial charge in [0.05, 0.1) is 15.0 Å². The number of carbonyl (C=O) groups excluding carboxylic acids is 3. The number of phenolic OH excluding ortho intramolecular Hbond substituents is 1. The summed E-state index contributed by atoms with van der Waals surface area (Å²) in [5.74, 6) is -0.523. The molecule has 3 amide bonds. The van der Waals surface area contributed by atoms with Crippen LogP contribution in [0.4, 0.5) is 4.79 Å². The van der Waals surface area contributed by atoms with Crippen molar-refractivity contribution in [1.29, 1.82) is 0 Å². The molecule has 0 aromatic heterocycles. The van der Waals surface area contributed by atoms with Gasteiger partial charge in [-0.15, -0.1) is 0 Å². The summed E-state index contributed by atoms with van der Waals surface area (Å²) in [5, 5.41) is 12.7. The van der Waals surface area contributed by atoms with E-state index in [4.69, 9.17) is 23.2 Å². The fourth-order valence-corrected chi connectivity index (χ4v) is 4.05. The van der Waals surface area contributed by atoms with Crippen LogP contribution >= 0.6 is 35.0 Å². The molecule has 9 heteroatoms. The molecular weight excluding hydrogens is 447 g/mol. The monoisotopic (exact) mass is 464 g/mol. The molecule has 1 aliphatic heterocycles. The number of imide groups is 1. The lowest BCUT2D eigenvalue weighted by atomic mass is 10.1. The smallest absolute Gasteiger partial charge is 0.293 e. The van der Waals surface area contributed by atoms with Crippen molar-refractivity contribution in [2.45, 2.75) is 12.8 Å². The molecule has 0 saturated carbocycles. The first kappa shape index (κ1) is 22.2. The number of amides is 3. The maximum absolute atomic E-state index is 12.5. The Labute approximate surface area is 187 Å². The first-order valence-electron chi connectivity index (χ1n) is 9.10. The van der Waals surface area contributed by atoms with Gasteiger partial charge in [-0.3, -0.25) is 19.3 Å². The second kappa shape index (κ2) is 10.0. The minimum absolute atomic E-state index is 0.0631. The Morgan fingerprint density at radius 3 is 2.67 bits per heavy atom. The van der Waals surface area contributed by atoms with Crippen molar-refractivity contribution >= 4 is 58.1 Å². The largest absolute Gasteiger partial charge is 0.508 e. The van der Waals surface area contributed by atoms with Crippen LogP contribution in [0, 0.1) is 0 Å². The lowest BCUT2D eigenvalue weighted by Crippen LogP contribution is -2.37. The third-order valence-corrected chi connectivity index (χ3v) is 6.15. The lowest BCUT2D eigenvalue weighted by molar-refractivity contribution is -0.124. The van der Waals surface area contributed by atoms with E-state index in [9.17, 15) is 19.5 Å². The van der Waals surface area contributed by atoms with Gasteiger partial charge in [0.1, 0.15) is 5.75 Å². The van der Waals surface area contributed by atoms with Gasteiger partial charge in [0.2, 0.25) is 5.91 Å². The van der Waals surface area contributed by atoms with Crippen LogP contribution in [-0.4, -0.2) is 40.1 Å². The number of nitrogens with zero attached hydrogens (tertiary/aromatic N) is 1. The van der Waals surface area contributed by atoms with Gasteiger partial charge >= 0.3 is 0 Å². The number of halogens is 2. The summed E-state index contributed by atoms with van der Waals surface area (Å²) in [5.41, 5.74) is 1.23. The average molecular weight is 465 g/mol. The number of phenols is 1. The highest BCUT2D eigenvalue weighted by Gasteiger charge is 2.34. The molecule has 0 atom stereocenters. The summed E-state index contributed by atoms with van der Waals surface area (Å²) in [6.07, 6.45) is 2.11. The van der Waals surface area contributed by atoms with Crippen LogP contribution in [0.15, 0.2) is 47.4 Å². The Kier molecular flexibility index (Phi) is 7.42. The number of thioether (sulfide) groups is 1. The molecule has 2 aromatic rings. The van der Waals surface area contributed by atoms with Crippen molar-refractivity contribution in [3.05, 3.63) is 68.5 Å². The number of para-hydroxylation sites is 1. The van der Waals surface area contributed by atoms with Crippen LogP contribution in [0.5, 0.6) is 5.75 Å². The third-order valence-electron chi connectivity index (χ3n) is 4.41. The van der Waals surface area contributed by atoms with Crippen molar-refractivity contribution in [2.24, 2.45) is 0 Å². The van der Waals surface area contributed by atoms with Crippen molar-refractivity contribution in [3.63, 3.8) is 0 Å². The van der Waals surface area contributed by atoms with Gasteiger partial charge in [-0.2, -0.15) is 0 Å². The number of rotatable bonds is 7. The molecule has 0 unspecified atom stereocenters. The van der Waals surface area contributed by atoms with Crippen LogP contribution in [0.25, 0.3) is 6.08 Å². The minimum Gasteiger partial charge on any atom is -0.508 e. The fourth-order valence-electron chi connectivity index (χ4n) is 2.83. The maximum Gasteiger partial charge on any atom is 0.293 e. The topological polar surface area (TPSA) is 86.7 Å². The highest BCUT2D eigenvalue weighted by Crippen LogP contribution is 2.34. The highest BCUT2D eigenvalue weighted by molar-refractivity contribution is 8.18. The molecule has 0 radical (unpaired) electrons. The predicted octanol–water partition coefficient (Wildman–Crippen LogP) is 4.48. The van der Waals surface area contributed by atoms with Gasteiger partial charge in [-0.25, -0.2) is 0 Å². The first-order chi connectivity index (χ1) is 14.4. The first-order valence-corrected chi connectivity index (χ1v) is 10.7. The predicted molar refractivity (Wildman–Crippen MR) is 119 cm³/mol. The quantitative estimate of drug-likeness (QED) is 0.589. The van der Waals surface area contributed by atoms with E-state index in [2.05, 4.69) is 5.32 Å². The molecular formula is C21H18Cl2N2O4S. The zero-order valence-corrected chi connectivity index (χ0v) is 18.1. The number of aromatic hydroxyl groups is 1. The van der Waals surface area contributed by atoms with Crippen molar-refractivity contribution in [2.75, 3.05) is 13.1 Å². The lowest BCUT2D eigenvalue weighted by Gasteiger charge is -2.13. The van der Waals surface area contributed by atoms with Gasteiger partial charge in [-0.1, -0.05) is 53.5 Å². The second-order valence-corrected chi connectivity index (χ2v) is 8.23. The molecule has 2 aromatic carbocycles. The van der Waals surface area contributed by atoms with E-state index in [1.54, 1.807) is 42.5 Å². The summed E-state index contributed by atoms with van der Waals surface area (Å²) in [6.45, 7) is 0.205. The van der Waals surface area contributed by atoms with Crippen LogP contribution in [0.3, 0.4) is 0 Å². The Bertz CT molecular complexity index is 1030. The molecule has 0 spiro atoms. The maximum atomic E-state index is 12.5. The van der Waals surface area contributed by atoms with Crippen molar-refractivity contribution in [1.82, 2.24) is 10.2 Å². The van der Waals surface area contributed by atoms with E-state index in [-0.39, 0.29) is 36.1 Å². The average Bonchev–Trinajstić information content (AvgIpc) is 2.98. The minimum atomic E-state index is -0.440. The molecule has 0 aliphatic carbocycles. The van der Waals surface area contributed by atoms with Crippen molar-refractivity contribution in [3.8, 4) is 5.75 Å². The summed E-state index contributed by atoms with van der Waals surface area (Å²) in [4.78, 5) is 38.1. The third kappa shape index (κ3) is 5.36. The fraction of sp³-hybridized carbons (Fsp3) is 0.190. The van der Waals surface area contributed by atoms with E-state index in [0.29, 0.717) is 27.6 Å². The SMILES string of the molecule is O=C(CCc1ccccc1O)NCCN1C(=O)S/C(=C\c2cccc(Cl)c2Cl)C1=O. The summed E-state index contributed by atoms with van der Waals surface area (Å²) in [7, 11) is 0. The van der Waals surface area contributed by atoms with E-state index in [1.807, 2.05) is 0 Å². The molecule has 0 bridgehead atoms. The van der Waals surface area contributed by atoms with Gasteiger partial charge in [0.25, 0.3) is 11.1 Å². The Hall–Kier alpha value is -2.48. The molecule has 1 fully saturated rings. The Morgan fingerprint density at radius 2 is 1.90 bits per heavy atom. The number of benzene rings is 2. The summed E-state index contributed by atoms with van der Waals surface area (Å²) >= 11 is 12.9. The van der Waals surface area contributed by atoms with E-state index in [0.717, 1.165) is 16.7 Å². The Balaban J connectivity index is 1.52. The molecule has 1 saturated heterocycles. The van der Waals surface area contributed by atoms with Crippen LogP contribution in [0.1, 0.15) is 17.5 Å². The van der Waals surface area contributed by atoms with Crippen LogP contribution < -0.4 is 5.32 Å². The zero-order valence-electron chi connectivity index (χ0n) is 15.7. The molecule has 1 heterocycles. The summed E-state index contributed by atoms with van der Waals surface area (Å²) in [6, 6.07) is 11.9. The van der Waals surface area contributed by atoms with Gasteiger partial charge in [0.15, 0.2) is 0 Å². The summed E-state index contributed by atoms with van der Waals surface area (Å²) < 4.78 is 0. The van der Waals surface area contributed by atoms with E-state index >= 15 is 0 Å². The molecule has 156 valence electrons. The number of aryl methyl sites for hydroxylation is 1. The van der Waals surface area contributed by atoms with Crippen LogP contribution in [0.2, 0.25) is 10.0 Å². The standard InChI is InChI=1S/C21H18Cl2N2O4S/c22-15-6-3-5-14(19(15)23)12-17-20(28)25(21(29)30-17)11-10-24-18(27)9-8-13-4-1-2-7-16(13)26/h1-7,12,26H,8-11H2,(H,24,27)/b17-12-. The van der Waals surface area contributed by atoms with Crippen LogP contribution in [-0.2, 0) is 16.0 Å². The molecule has 30 heavy (non-hydrogen) atoms. The van der Waals surface area contributed by atoms with Gasteiger partial charge in [0, 0.05) is 19.5 Å². The van der Waals surface area contributed by atoms with Gasteiger partial charge < -0.3 is 10.4 Å². The number of nitrogens with one attached hydrogen (secondary N) is 1. The Morgan fingerprint density at radius 1 is 1.13 bits per heavy atom. The molecule has 3 rings (SSSR count). The van der Waals surface area contributed by atoms with Gasteiger partial charge in [-0.05, 0) is 47.5 Å². The highest BCUT2D eigenvalue weighted by atomic mass is 35.5. The number of carbonyl (C=O) groups is 3. The number of hydrogen-bond acceptors (Lipinski definition) is 5. The molecule has 2 N–H and O–H groups in total. The van der Waals surface area contributed by atoms with E-state index in [1.165, 1.54) is 6.08 Å². The van der Waals surface area contributed by atoms with E-state index < -0.39 is 11.1 Å². The zero-order chi connectivity index (χ0) is 21.7. The molecule has 1 aliphatic rings. The second-order valence-electron chi connectivity index (χ2n) is 6.46.